The molecular formula is C22H25ClN4O2. The Hall–Kier alpha value is -2.25. The van der Waals surface area contributed by atoms with Crippen LogP contribution in [0, 0.1) is 0 Å². The summed E-state index contributed by atoms with van der Waals surface area (Å²) in [4.78, 5) is 21.8. The van der Waals surface area contributed by atoms with Gasteiger partial charge in [-0.1, -0.05) is 35.9 Å². The Kier molecular flexibility index (Phi) is 6.56. The van der Waals surface area contributed by atoms with E-state index in [1.165, 1.54) is 0 Å². The lowest BCUT2D eigenvalue weighted by Crippen LogP contribution is -2.40. The molecule has 0 aromatic heterocycles. The normalized spacial score (nSPS) is 18.4. The number of fused-ring (bicyclic) bond motifs is 1. The standard InChI is InChI=1S/C22H25ClN4O2/c23-17-5-3-6-18(15-17)25-21-19-7-1-2-8-20(19)27(22(21)28)16-24-9-4-10-26-11-13-29-14-12-26/h1-3,5-8,15,24H,4,9-14,16H2. The highest BCUT2D eigenvalue weighted by Gasteiger charge is 2.33. The Morgan fingerprint density at radius 2 is 1.93 bits per heavy atom. The van der Waals surface area contributed by atoms with Gasteiger partial charge in [0.05, 0.1) is 31.3 Å². The third kappa shape index (κ3) is 4.85. The molecular weight excluding hydrogens is 388 g/mol. The molecule has 2 aromatic carbocycles. The van der Waals surface area contributed by atoms with Crippen molar-refractivity contribution < 1.29 is 9.53 Å². The topological polar surface area (TPSA) is 57.2 Å². The van der Waals surface area contributed by atoms with Crippen molar-refractivity contribution in [3.63, 3.8) is 0 Å². The van der Waals surface area contributed by atoms with Crippen molar-refractivity contribution >= 4 is 34.6 Å². The van der Waals surface area contributed by atoms with Crippen LogP contribution >= 0.6 is 11.6 Å². The van der Waals surface area contributed by atoms with Gasteiger partial charge in [0.25, 0.3) is 5.91 Å². The van der Waals surface area contributed by atoms with Gasteiger partial charge in [-0.15, -0.1) is 0 Å². The number of nitrogens with one attached hydrogen (secondary N) is 1. The van der Waals surface area contributed by atoms with Crippen LogP contribution in [0.4, 0.5) is 11.4 Å². The first kappa shape index (κ1) is 20.0. The summed E-state index contributed by atoms with van der Waals surface area (Å²) in [6, 6.07) is 15.0. The van der Waals surface area contributed by atoms with Crippen molar-refractivity contribution in [2.75, 3.05) is 51.0 Å². The first-order chi connectivity index (χ1) is 14.2. The number of hydrogen-bond acceptors (Lipinski definition) is 5. The van der Waals surface area contributed by atoms with Crippen molar-refractivity contribution in [2.45, 2.75) is 6.42 Å². The smallest absolute Gasteiger partial charge is 0.278 e. The highest BCUT2D eigenvalue weighted by Crippen LogP contribution is 2.30. The maximum Gasteiger partial charge on any atom is 0.278 e. The number of ether oxygens (including phenoxy) is 1. The van der Waals surface area contributed by atoms with Crippen molar-refractivity contribution in [3.05, 3.63) is 59.1 Å². The van der Waals surface area contributed by atoms with Crippen LogP contribution in [0.5, 0.6) is 0 Å². The maximum atomic E-state index is 13.1. The Morgan fingerprint density at radius 3 is 2.76 bits per heavy atom. The van der Waals surface area contributed by atoms with Crippen LogP contribution < -0.4 is 10.2 Å². The van der Waals surface area contributed by atoms with Crippen LogP contribution in [0.25, 0.3) is 0 Å². The molecule has 7 heteroatoms. The number of halogens is 1. The number of carbonyl (C=O) groups excluding carboxylic acids is 1. The molecule has 0 radical (unpaired) electrons. The second-order valence-electron chi connectivity index (χ2n) is 7.16. The molecule has 29 heavy (non-hydrogen) atoms. The second-order valence-corrected chi connectivity index (χ2v) is 7.59. The van der Waals surface area contributed by atoms with E-state index >= 15 is 0 Å². The fourth-order valence-electron chi connectivity index (χ4n) is 3.64. The number of aliphatic imine (C=N–C) groups is 1. The minimum Gasteiger partial charge on any atom is -0.379 e. The number of carbonyl (C=O) groups is 1. The van der Waals surface area contributed by atoms with Crippen LogP contribution in [0.3, 0.4) is 0 Å². The number of para-hydroxylation sites is 1. The molecule has 0 aliphatic carbocycles. The summed E-state index contributed by atoms with van der Waals surface area (Å²) in [5.74, 6) is -0.0909. The Bertz CT molecular complexity index is 896. The van der Waals surface area contributed by atoms with Gasteiger partial charge < -0.3 is 4.74 Å². The van der Waals surface area contributed by atoms with Gasteiger partial charge >= 0.3 is 0 Å². The zero-order chi connectivity index (χ0) is 20.1. The molecule has 0 atom stereocenters. The molecule has 0 spiro atoms. The van der Waals surface area contributed by atoms with Gasteiger partial charge in [0.15, 0.2) is 0 Å². The first-order valence-corrected chi connectivity index (χ1v) is 10.4. The summed E-state index contributed by atoms with van der Waals surface area (Å²) < 4.78 is 5.38. The summed E-state index contributed by atoms with van der Waals surface area (Å²) >= 11 is 6.06. The molecule has 0 unspecified atom stereocenters. The van der Waals surface area contributed by atoms with Gasteiger partial charge in [-0.25, -0.2) is 4.99 Å². The van der Waals surface area contributed by atoms with Crippen LogP contribution in [0.15, 0.2) is 53.5 Å². The maximum absolute atomic E-state index is 13.1. The number of anilines is 1. The molecule has 0 bridgehead atoms. The highest BCUT2D eigenvalue weighted by atomic mass is 35.5. The van der Waals surface area contributed by atoms with Crippen LogP contribution in [-0.4, -0.2) is 62.6 Å². The van der Waals surface area contributed by atoms with Crippen molar-refractivity contribution in [1.29, 1.82) is 0 Å². The molecule has 2 aliphatic rings. The molecule has 2 aromatic rings. The van der Waals surface area contributed by atoms with Gasteiger partial charge in [-0.05, 0) is 43.8 Å². The second kappa shape index (κ2) is 9.50. The van der Waals surface area contributed by atoms with Gasteiger partial charge in [0, 0.05) is 23.7 Å². The molecule has 2 aliphatic heterocycles. The van der Waals surface area contributed by atoms with E-state index in [1.807, 2.05) is 36.4 Å². The largest absolute Gasteiger partial charge is 0.379 e. The third-order valence-electron chi connectivity index (χ3n) is 5.15. The number of nitrogens with zero attached hydrogens (tertiary/aromatic N) is 3. The van der Waals surface area contributed by atoms with E-state index in [2.05, 4.69) is 15.2 Å². The predicted molar refractivity (Wildman–Crippen MR) is 116 cm³/mol. The molecule has 6 nitrogen and oxygen atoms in total. The highest BCUT2D eigenvalue weighted by molar-refractivity contribution is 6.54. The van der Waals surface area contributed by atoms with E-state index in [-0.39, 0.29) is 5.91 Å². The summed E-state index contributed by atoms with van der Waals surface area (Å²) in [6.07, 6.45) is 1.03. The lowest BCUT2D eigenvalue weighted by molar-refractivity contribution is -0.112. The molecule has 2 heterocycles. The molecule has 1 N–H and O–H groups in total. The molecule has 0 saturated carbocycles. The molecule has 1 saturated heterocycles. The van der Waals surface area contributed by atoms with E-state index in [9.17, 15) is 4.79 Å². The van der Waals surface area contributed by atoms with Crippen molar-refractivity contribution in [1.82, 2.24) is 10.2 Å². The Balaban J connectivity index is 1.39. The van der Waals surface area contributed by atoms with E-state index in [0.717, 1.165) is 57.1 Å². The minimum absolute atomic E-state index is 0.0909. The number of hydrogen-bond donors (Lipinski definition) is 1. The lowest BCUT2D eigenvalue weighted by atomic mass is 10.1. The summed E-state index contributed by atoms with van der Waals surface area (Å²) in [7, 11) is 0. The summed E-state index contributed by atoms with van der Waals surface area (Å²) in [5, 5.41) is 4.00. The van der Waals surface area contributed by atoms with Crippen molar-refractivity contribution in [3.8, 4) is 0 Å². The van der Waals surface area contributed by atoms with Crippen LogP contribution in [0.2, 0.25) is 5.02 Å². The summed E-state index contributed by atoms with van der Waals surface area (Å²) in [6.45, 7) is 6.01. The van der Waals surface area contributed by atoms with Gasteiger partial charge in [0.1, 0.15) is 5.71 Å². The van der Waals surface area contributed by atoms with Gasteiger partial charge in [-0.3, -0.25) is 19.9 Å². The van der Waals surface area contributed by atoms with Gasteiger partial charge in [-0.2, -0.15) is 0 Å². The van der Waals surface area contributed by atoms with Crippen molar-refractivity contribution in [2.24, 2.45) is 4.99 Å². The number of amides is 1. The zero-order valence-electron chi connectivity index (χ0n) is 16.3. The molecule has 152 valence electrons. The van der Waals surface area contributed by atoms with Gasteiger partial charge in [0.2, 0.25) is 0 Å². The first-order valence-electron chi connectivity index (χ1n) is 9.99. The molecule has 1 amide bonds. The number of benzene rings is 2. The average molecular weight is 413 g/mol. The van der Waals surface area contributed by atoms with E-state index in [1.54, 1.807) is 17.0 Å². The fraction of sp³-hybridized carbons (Fsp3) is 0.364. The van der Waals surface area contributed by atoms with E-state index in [4.69, 9.17) is 16.3 Å². The monoisotopic (exact) mass is 412 g/mol. The predicted octanol–water partition coefficient (Wildman–Crippen LogP) is 3.08. The quantitative estimate of drug-likeness (QED) is 0.710. The fourth-order valence-corrected chi connectivity index (χ4v) is 3.83. The molecule has 4 rings (SSSR count). The average Bonchev–Trinajstić information content (AvgIpc) is 3.00. The SMILES string of the molecule is O=C1C(=Nc2cccc(Cl)c2)c2ccccc2N1CNCCCN1CCOCC1. The molecule has 1 fully saturated rings. The van der Waals surface area contributed by atoms with Crippen LogP contribution in [0.1, 0.15) is 12.0 Å². The minimum atomic E-state index is -0.0909. The van der Waals surface area contributed by atoms with Crippen LogP contribution in [-0.2, 0) is 9.53 Å². The Morgan fingerprint density at radius 1 is 1.10 bits per heavy atom. The summed E-state index contributed by atoms with van der Waals surface area (Å²) in [5.41, 5.74) is 2.88. The number of rotatable bonds is 7. The Labute approximate surface area is 176 Å². The third-order valence-corrected chi connectivity index (χ3v) is 5.38. The zero-order valence-corrected chi connectivity index (χ0v) is 17.1. The van der Waals surface area contributed by atoms with E-state index in [0.29, 0.717) is 23.1 Å². The lowest BCUT2D eigenvalue weighted by Gasteiger charge is -2.26. The number of morpholine rings is 1. The van der Waals surface area contributed by atoms with E-state index < -0.39 is 0 Å².